The molecule has 0 spiro atoms. The third kappa shape index (κ3) is 6.84. The molecule has 5 nitrogen and oxygen atoms in total. The molecule has 0 bridgehead atoms. The van der Waals surface area contributed by atoms with Crippen LogP contribution in [0.3, 0.4) is 0 Å². The summed E-state index contributed by atoms with van der Waals surface area (Å²) in [6.07, 6.45) is 3.99. The number of nitrogens with one attached hydrogen (secondary N) is 2. The van der Waals surface area contributed by atoms with Crippen molar-refractivity contribution in [2.75, 3.05) is 7.05 Å². The smallest absolute Gasteiger partial charge is 0.244 e. The van der Waals surface area contributed by atoms with E-state index < -0.39 is 10.0 Å². The van der Waals surface area contributed by atoms with Crippen molar-refractivity contribution in [2.45, 2.75) is 51.5 Å². The number of carbonyl (C=O) groups excluding carboxylic acids is 1. The van der Waals surface area contributed by atoms with Crippen LogP contribution in [0.1, 0.15) is 46.6 Å². The highest BCUT2D eigenvalue weighted by atomic mass is 32.2. The number of amides is 1. The van der Waals surface area contributed by atoms with Crippen molar-refractivity contribution in [1.82, 2.24) is 10.0 Å². The Morgan fingerprint density at radius 2 is 1.62 bits per heavy atom. The van der Waals surface area contributed by atoms with E-state index in [1.54, 1.807) is 18.2 Å². The Hall–Kier alpha value is -1.66. The topological polar surface area (TPSA) is 75.3 Å². The summed E-state index contributed by atoms with van der Waals surface area (Å²) >= 11 is 0. The lowest BCUT2D eigenvalue weighted by Gasteiger charge is -2.32. The lowest BCUT2D eigenvalue weighted by Crippen LogP contribution is -2.45. The average molecular weight is 353 g/mol. The molecule has 0 heterocycles. The van der Waals surface area contributed by atoms with Gasteiger partial charge in [-0.1, -0.05) is 32.9 Å². The summed E-state index contributed by atoms with van der Waals surface area (Å²) in [7, 11) is -2.07. The number of rotatable bonds is 6. The second-order valence-corrected chi connectivity index (χ2v) is 9.61. The fraction of sp³-hybridized carbons (Fsp3) is 0.500. The summed E-state index contributed by atoms with van der Waals surface area (Å²) in [6, 6.07) is 6.34. The second-order valence-electron chi connectivity index (χ2n) is 7.72. The van der Waals surface area contributed by atoms with Gasteiger partial charge >= 0.3 is 0 Å². The van der Waals surface area contributed by atoms with Crippen molar-refractivity contribution in [3.63, 3.8) is 0 Å². The molecule has 0 atom stereocenters. The van der Waals surface area contributed by atoms with Crippen molar-refractivity contribution in [2.24, 2.45) is 5.41 Å². The van der Waals surface area contributed by atoms with E-state index >= 15 is 0 Å². The first-order chi connectivity index (χ1) is 10.8. The molecule has 0 unspecified atom stereocenters. The van der Waals surface area contributed by atoms with E-state index in [9.17, 15) is 13.2 Å². The van der Waals surface area contributed by atoms with Gasteiger partial charge in [0, 0.05) is 11.6 Å². The number of benzene rings is 1. The molecule has 1 rings (SSSR count). The summed E-state index contributed by atoms with van der Waals surface area (Å²) in [6.45, 7) is 10.4. The Bertz CT molecular complexity index is 697. The highest BCUT2D eigenvalue weighted by Crippen LogP contribution is 2.26. The average Bonchev–Trinajstić information content (AvgIpc) is 2.42. The van der Waals surface area contributed by atoms with Crippen LogP contribution in [0.5, 0.6) is 0 Å². The minimum absolute atomic E-state index is 0.120. The van der Waals surface area contributed by atoms with E-state index in [2.05, 4.69) is 30.8 Å². The van der Waals surface area contributed by atoms with E-state index in [1.165, 1.54) is 25.3 Å². The zero-order valence-corrected chi connectivity index (χ0v) is 16.1. The zero-order valence-electron chi connectivity index (χ0n) is 15.3. The fourth-order valence-corrected chi connectivity index (χ4v) is 3.52. The molecule has 1 amide bonds. The lowest BCUT2D eigenvalue weighted by molar-refractivity contribution is -0.118. The van der Waals surface area contributed by atoms with Crippen LogP contribution in [0, 0.1) is 5.41 Å². The van der Waals surface area contributed by atoms with Gasteiger partial charge < -0.3 is 5.32 Å². The second kappa shape index (κ2) is 7.49. The van der Waals surface area contributed by atoms with Crippen LogP contribution < -0.4 is 10.0 Å². The van der Waals surface area contributed by atoms with Gasteiger partial charge in [-0.15, -0.1) is 0 Å². The molecular formula is C18H28N2O3S. The molecule has 6 heteroatoms. The van der Waals surface area contributed by atoms with Gasteiger partial charge in [-0.25, -0.2) is 13.1 Å². The molecule has 1 aromatic carbocycles. The Kier molecular flexibility index (Phi) is 6.36. The van der Waals surface area contributed by atoms with Crippen LogP contribution in [0.15, 0.2) is 35.2 Å². The third-order valence-electron chi connectivity index (χ3n) is 3.32. The summed E-state index contributed by atoms with van der Waals surface area (Å²) in [4.78, 5) is 12.3. The van der Waals surface area contributed by atoms with Crippen LogP contribution in [0.25, 0.3) is 6.08 Å². The number of carbonyl (C=O) groups is 1. The van der Waals surface area contributed by atoms with Crippen LogP contribution >= 0.6 is 0 Å². The normalized spacial score (nSPS) is 13.2. The summed E-state index contributed by atoms with van der Waals surface area (Å²) in [5.41, 5.74) is 0.577. The molecule has 0 aliphatic heterocycles. The predicted octanol–water partition coefficient (Wildman–Crippen LogP) is 2.94. The molecule has 0 fully saturated rings. The molecule has 0 saturated carbocycles. The predicted molar refractivity (Wildman–Crippen MR) is 98.0 cm³/mol. The standard InChI is InChI=1S/C18H28N2O3S/c1-17(2,3)13-18(4,5)20-16(21)12-9-14-7-10-15(11-8-14)24(22,23)19-6/h7-12,19H,13H2,1-6H3,(H,20,21)/b12-9+. The maximum absolute atomic E-state index is 12.1. The van der Waals surface area contributed by atoms with Crippen LogP contribution in [-0.2, 0) is 14.8 Å². The first-order valence-corrected chi connectivity index (χ1v) is 9.37. The SMILES string of the molecule is CNS(=O)(=O)c1ccc(/C=C/C(=O)NC(C)(C)CC(C)(C)C)cc1. The van der Waals surface area contributed by atoms with Gasteiger partial charge in [0.1, 0.15) is 0 Å². The highest BCUT2D eigenvalue weighted by Gasteiger charge is 2.26. The molecule has 134 valence electrons. The van der Waals surface area contributed by atoms with Crippen LogP contribution in [0.4, 0.5) is 0 Å². The maximum atomic E-state index is 12.1. The molecule has 24 heavy (non-hydrogen) atoms. The first-order valence-electron chi connectivity index (χ1n) is 7.88. The molecule has 2 N–H and O–H groups in total. The zero-order chi connectivity index (χ0) is 18.6. The van der Waals surface area contributed by atoms with Crippen LogP contribution in [-0.4, -0.2) is 26.9 Å². The van der Waals surface area contributed by atoms with E-state index in [-0.39, 0.29) is 21.8 Å². The Morgan fingerprint density at radius 3 is 2.08 bits per heavy atom. The third-order valence-corrected chi connectivity index (χ3v) is 4.75. The Balaban J connectivity index is 2.74. The van der Waals surface area contributed by atoms with Crippen LogP contribution in [0.2, 0.25) is 0 Å². The van der Waals surface area contributed by atoms with Gasteiger partial charge in [0.05, 0.1) is 4.90 Å². The summed E-state index contributed by atoms with van der Waals surface area (Å²) in [5.74, 6) is -0.170. The lowest BCUT2D eigenvalue weighted by atomic mass is 9.82. The van der Waals surface area contributed by atoms with Crippen molar-refractivity contribution in [3.8, 4) is 0 Å². The van der Waals surface area contributed by atoms with E-state index in [0.29, 0.717) is 0 Å². The van der Waals surface area contributed by atoms with Gasteiger partial charge in [-0.05, 0) is 56.5 Å². The van der Waals surface area contributed by atoms with E-state index in [0.717, 1.165) is 12.0 Å². The fourth-order valence-electron chi connectivity index (χ4n) is 2.79. The van der Waals surface area contributed by atoms with E-state index in [4.69, 9.17) is 0 Å². The molecule has 0 aliphatic carbocycles. The van der Waals surface area contributed by atoms with E-state index in [1.807, 2.05) is 13.8 Å². The first kappa shape index (κ1) is 20.4. The minimum Gasteiger partial charge on any atom is -0.348 e. The van der Waals surface area contributed by atoms with Gasteiger partial charge in [-0.3, -0.25) is 4.79 Å². The quantitative estimate of drug-likeness (QED) is 0.773. The van der Waals surface area contributed by atoms with Crippen molar-refractivity contribution < 1.29 is 13.2 Å². The van der Waals surface area contributed by atoms with Crippen molar-refractivity contribution in [3.05, 3.63) is 35.9 Å². The number of sulfonamides is 1. The number of hydrogen-bond acceptors (Lipinski definition) is 3. The Morgan fingerprint density at radius 1 is 1.08 bits per heavy atom. The van der Waals surface area contributed by atoms with Crippen molar-refractivity contribution >= 4 is 22.0 Å². The maximum Gasteiger partial charge on any atom is 0.244 e. The molecule has 0 aromatic heterocycles. The molecule has 1 aromatic rings. The van der Waals surface area contributed by atoms with Gasteiger partial charge in [0.15, 0.2) is 0 Å². The molecule has 0 saturated heterocycles. The molecule has 0 radical (unpaired) electrons. The summed E-state index contributed by atoms with van der Waals surface area (Å²) < 4.78 is 25.6. The number of hydrogen-bond donors (Lipinski definition) is 2. The summed E-state index contributed by atoms with van der Waals surface area (Å²) in [5, 5.41) is 3.00. The largest absolute Gasteiger partial charge is 0.348 e. The molecule has 0 aliphatic rings. The van der Waals surface area contributed by atoms with Crippen molar-refractivity contribution in [1.29, 1.82) is 0 Å². The van der Waals surface area contributed by atoms with Gasteiger partial charge in [0.25, 0.3) is 0 Å². The monoisotopic (exact) mass is 352 g/mol. The molecular weight excluding hydrogens is 324 g/mol. The Labute approximate surface area is 145 Å². The minimum atomic E-state index is -3.44. The van der Waals surface area contributed by atoms with Gasteiger partial charge in [0.2, 0.25) is 15.9 Å². The highest BCUT2D eigenvalue weighted by molar-refractivity contribution is 7.89. The van der Waals surface area contributed by atoms with Gasteiger partial charge in [-0.2, -0.15) is 0 Å².